The molecule has 0 aliphatic carbocycles. The van der Waals surface area contributed by atoms with Gasteiger partial charge in [-0.25, -0.2) is 0 Å². The lowest BCUT2D eigenvalue weighted by Gasteiger charge is -2.19. The lowest BCUT2D eigenvalue weighted by Crippen LogP contribution is -2.33. The summed E-state index contributed by atoms with van der Waals surface area (Å²) >= 11 is 0. The number of aromatic nitrogens is 1. The largest absolute Gasteiger partial charge is 0.466 e. The van der Waals surface area contributed by atoms with Crippen molar-refractivity contribution in [3.63, 3.8) is 0 Å². The van der Waals surface area contributed by atoms with Gasteiger partial charge in [0, 0.05) is 11.6 Å². The van der Waals surface area contributed by atoms with E-state index in [2.05, 4.69) is 4.98 Å². The Morgan fingerprint density at radius 1 is 1.32 bits per heavy atom. The number of fused-ring (bicyclic) bond motifs is 1. The van der Waals surface area contributed by atoms with Crippen LogP contribution < -0.4 is 0 Å². The van der Waals surface area contributed by atoms with Crippen molar-refractivity contribution in [2.24, 2.45) is 5.92 Å². The van der Waals surface area contributed by atoms with Crippen LogP contribution in [0.1, 0.15) is 18.9 Å². The van der Waals surface area contributed by atoms with Crippen molar-refractivity contribution in [3.05, 3.63) is 42.1 Å². The zero-order valence-corrected chi connectivity index (χ0v) is 12.6. The highest BCUT2D eigenvalue weighted by Crippen LogP contribution is 2.20. The second-order valence-corrected chi connectivity index (χ2v) is 5.13. The molecule has 5 heteroatoms. The Bertz CT molecular complexity index is 624. The maximum atomic E-state index is 11.7. The fourth-order valence-corrected chi connectivity index (χ4v) is 2.48. The third-order valence-corrected chi connectivity index (χ3v) is 3.70. The molecule has 0 saturated heterocycles. The Balaban J connectivity index is 2.06. The van der Waals surface area contributed by atoms with Crippen molar-refractivity contribution in [2.75, 3.05) is 13.2 Å². The Kier molecular flexibility index (Phi) is 5.86. The lowest BCUT2D eigenvalue weighted by molar-refractivity contribution is -0.154. The van der Waals surface area contributed by atoms with Gasteiger partial charge in [0.15, 0.2) is 0 Å². The molecule has 0 bridgehead atoms. The first kappa shape index (κ1) is 16.4. The summed E-state index contributed by atoms with van der Waals surface area (Å²) in [5.41, 5.74) is 1.96. The number of nitrogens with zero attached hydrogens (tertiary/aromatic N) is 1. The molecule has 0 radical (unpaired) electrons. The highest BCUT2D eigenvalue weighted by atomic mass is 16.5. The van der Waals surface area contributed by atoms with E-state index in [-0.39, 0.29) is 6.61 Å². The highest BCUT2D eigenvalue weighted by molar-refractivity contribution is 5.81. The Morgan fingerprint density at radius 3 is 2.82 bits per heavy atom. The summed E-state index contributed by atoms with van der Waals surface area (Å²) in [6.07, 6.45) is 1.77. The van der Waals surface area contributed by atoms with Gasteiger partial charge in [0.25, 0.3) is 0 Å². The molecule has 1 heterocycles. The molecule has 0 aliphatic heterocycles. The molecule has 0 aliphatic rings. The molecule has 1 aromatic carbocycles. The van der Waals surface area contributed by atoms with E-state index in [9.17, 15) is 15.0 Å². The van der Waals surface area contributed by atoms with Crippen molar-refractivity contribution in [1.29, 1.82) is 0 Å². The number of benzene rings is 1. The Labute approximate surface area is 129 Å². The topological polar surface area (TPSA) is 79.7 Å². The van der Waals surface area contributed by atoms with Gasteiger partial charge in [-0.05, 0) is 37.5 Å². The van der Waals surface area contributed by atoms with Gasteiger partial charge in [-0.2, -0.15) is 0 Å². The number of carbonyl (C=O) groups excluding carboxylic acids is 1. The quantitative estimate of drug-likeness (QED) is 0.761. The average molecular weight is 303 g/mol. The number of pyridine rings is 1. The molecule has 0 saturated carbocycles. The van der Waals surface area contributed by atoms with Crippen LogP contribution in [0.4, 0.5) is 0 Å². The van der Waals surface area contributed by atoms with Crippen molar-refractivity contribution in [1.82, 2.24) is 4.98 Å². The molecule has 0 unspecified atom stereocenters. The second kappa shape index (κ2) is 7.87. The number of carbonyl (C=O) groups is 1. The number of esters is 1. The number of ether oxygens (including phenoxy) is 1. The van der Waals surface area contributed by atoms with Gasteiger partial charge in [-0.15, -0.1) is 0 Å². The van der Waals surface area contributed by atoms with Crippen molar-refractivity contribution in [2.45, 2.75) is 25.9 Å². The number of aliphatic hydroxyl groups excluding tert-OH is 2. The maximum Gasteiger partial charge on any atom is 0.313 e. The minimum Gasteiger partial charge on any atom is -0.466 e. The van der Waals surface area contributed by atoms with E-state index in [0.717, 1.165) is 16.5 Å². The van der Waals surface area contributed by atoms with Gasteiger partial charge in [0.05, 0.1) is 24.8 Å². The molecule has 2 atom stereocenters. The van der Waals surface area contributed by atoms with E-state index in [1.54, 1.807) is 13.1 Å². The van der Waals surface area contributed by atoms with E-state index in [1.165, 1.54) is 0 Å². The molecule has 2 N–H and O–H groups in total. The molecule has 0 amide bonds. The SMILES string of the molecule is CCOC(=O)[C@@H](CO)[C@@H](O)CCc1ccnc2ccccc12. The summed E-state index contributed by atoms with van der Waals surface area (Å²) in [4.78, 5) is 16.0. The molecule has 5 nitrogen and oxygen atoms in total. The highest BCUT2D eigenvalue weighted by Gasteiger charge is 2.27. The smallest absolute Gasteiger partial charge is 0.313 e. The number of hydrogen-bond donors (Lipinski definition) is 2. The van der Waals surface area contributed by atoms with Crippen molar-refractivity contribution >= 4 is 16.9 Å². The van der Waals surface area contributed by atoms with E-state index in [1.807, 2.05) is 30.3 Å². The summed E-state index contributed by atoms with van der Waals surface area (Å²) in [5.74, 6) is -1.45. The van der Waals surface area contributed by atoms with E-state index in [4.69, 9.17) is 4.74 Å². The Hall–Kier alpha value is -1.98. The van der Waals surface area contributed by atoms with Crippen molar-refractivity contribution in [3.8, 4) is 0 Å². The molecule has 118 valence electrons. The monoisotopic (exact) mass is 303 g/mol. The van der Waals surface area contributed by atoms with Crippen LogP contribution in [0.15, 0.2) is 36.5 Å². The number of para-hydroxylation sites is 1. The molecule has 0 fully saturated rings. The van der Waals surface area contributed by atoms with Gasteiger partial charge in [0.1, 0.15) is 5.92 Å². The molecule has 2 rings (SSSR count). The van der Waals surface area contributed by atoms with Crippen LogP contribution in [0, 0.1) is 5.92 Å². The summed E-state index contributed by atoms with van der Waals surface area (Å²) in [6, 6.07) is 9.70. The van der Waals surface area contributed by atoms with Gasteiger partial charge in [-0.3, -0.25) is 9.78 Å². The van der Waals surface area contributed by atoms with Crippen LogP contribution in [0.25, 0.3) is 10.9 Å². The summed E-state index contributed by atoms with van der Waals surface area (Å²) in [5, 5.41) is 20.5. The minimum absolute atomic E-state index is 0.233. The number of aryl methyl sites for hydroxylation is 1. The molecule has 0 spiro atoms. The van der Waals surface area contributed by atoms with Crippen LogP contribution in [0.3, 0.4) is 0 Å². The maximum absolute atomic E-state index is 11.7. The first-order valence-corrected chi connectivity index (χ1v) is 7.45. The fraction of sp³-hybridized carbons (Fsp3) is 0.412. The summed E-state index contributed by atoms with van der Waals surface area (Å²) < 4.78 is 4.87. The summed E-state index contributed by atoms with van der Waals surface area (Å²) in [6.45, 7) is 1.51. The predicted octanol–water partition coefficient (Wildman–Crippen LogP) is 1.70. The zero-order chi connectivity index (χ0) is 15.9. The van der Waals surface area contributed by atoms with E-state index in [0.29, 0.717) is 12.8 Å². The van der Waals surface area contributed by atoms with Gasteiger partial charge in [-0.1, -0.05) is 18.2 Å². The minimum atomic E-state index is -0.934. The third kappa shape index (κ3) is 3.81. The lowest BCUT2D eigenvalue weighted by atomic mass is 9.95. The number of rotatable bonds is 7. The first-order valence-electron chi connectivity index (χ1n) is 7.45. The van der Waals surface area contributed by atoms with E-state index < -0.39 is 24.6 Å². The molecular weight excluding hydrogens is 282 g/mol. The predicted molar refractivity (Wildman–Crippen MR) is 83.3 cm³/mol. The van der Waals surface area contributed by atoms with Gasteiger partial charge in [0.2, 0.25) is 0 Å². The van der Waals surface area contributed by atoms with Gasteiger partial charge < -0.3 is 14.9 Å². The normalized spacial score (nSPS) is 13.8. The van der Waals surface area contributed by atoms with E-state index >= 15 is 0 Å². The average Bonchev–Trinajstić information content (AvgIpc) is 2.53. The molecule has 22 heavy (non-hydrogen) atoms. The third-order valence-electron chi connectivity index (χ3n) is 3.70. The second-order valence-electron chi connectivity index (χ2n) is 5.13. The number of aliphatic hydroxyl groups is 2. The van der Waals surface area contributed by atoms with Crippen LogP contribution in [-0.2, 0) is 16.0 Å². The zero-order valence-electron chi connectivity index (χ0n) is 12.6. The standard InChI is InChI=1S/C17H21NO4/c1-2-22-17(21)14(11-19)16(20)8-7-12-9-10-18-15-6-4-3-5-13(12)15/h3-6,9-10,14,16,19-20H,2,7-8,11H2,1H3/t14-,16-/m0/s1. The number of hydrogen-bond acceptors (Lipinski definition) is 5. The van der Waals surface area contributed by atoms with Crippen LogP contribution in [-0.4, -0.2) is 40.5 Å². The van der Waals surface area contributed by atoms with Gasteiger partial charge >= 0.3 is 5.97 Å². The van der Waals surface area contributed by atoms with Crippen LogP contribution in [0.5, 0.6) is 0 Å². The molecule has 2 aromatic rings. The Morgan fingerprint density at radius 2 is 2.09 bits per heavy atom. The van der Waals surface area contributed by atoms with Crippen LogP contribution >= 0.6 is 0 Å². The van der Waals surface area contributed by atoms with Crippen LogP contribution in [0.2, 0.25) is 0 Å². The van der Waals surface area contributed by atoms with Crippen molar-refractivity contribution < 1.29 is 19.7 Å². The summed E-state index contributed by atoms with van der Waals surface area (Å²) in [7, 11) is 0. The fourth-order valence-electron chi connectivity index (χ4n) is 2.48. The molecular formula is C17H21NO4. The molecule has 1 aromatic heterocycles. The first-order chi connectivity index (χ1) is 10.7.